The topological polar surface area (TPSA) is 60.4 Å². The summed E-state index contributed by atoms with van der Waals surface area (Å²) in [6, 6.07) is 6.29. The average molecular weight is 333 g/mol. The van der Waals surface area contributed by atoms with Crippen LogP contribution in [0.2, 0.25) is 0 Å². The number of methoxy groups -OCH3 is 1. The van der Waals surface area contributed by atoms with E-state index < -0.39 is 21.1 Å². The highest BCUT2D eigenvalue weighted by molar-refractivity contribution is 9.10. The number of carbonyl (C=O) groups excluding carboxylic acids is 1. The SMILES string of the molecule is COC(=O)C(C1CC1)S(=O)(=O)c1ccc(Br)cc1. The number of hydrogen-bond acceptors (Lipinski definition) is 4. The Hall–Kier alpha value is -0.880. The van der Waals surface area contributed by atoms with Crippen molar-refractivity contribution in [1.82, 2.24) is 0 Å². The number of benzene rings is 1. The Morgan fingerprint density at radius 2 is 1.89 bits per heavy atom. The molecule has 6 heteroatoms. The zero-order chi connectivity index (χ0) is 13.3. The molecule has 0 bridgehead atoms. The first-order valence-electron chi connectivity index (χ1n) is 5.54. The summed E-state index contributed by atoms with van der Waals surface area (Å²) in [5.74, 6) is -0.772. The van der Waals surface area contributed by atoms with Gasteiger partial charge in [-0.3, -0.25) is 4.79 Å². The standard InChI is InChI=1S/C12H13BrO4S/c1-17-12(14)11(8-2-3-8)18(15,16)10-6-4-9(13)5-7-10/h4-8,11H,2-3H2,1H3. The first-order valence-corrected chi connectivity index (χ1v) is 7.88. The van der Waals surface area contributed by atoms with E-state index in [0.29, 0.717) is 0 Å². The maximum atomic E-state index is 12.4. The van der Waals surface area contributed by atoms with Crippen molar-refractivity contribution in [3.63, 3.8) is 0 Å². The summed E-state index contributed by atoms with van der Waals surface area (Å²) >= 11 is 3.25. The fraction of sp³-hybridized carbons (Fsp3) is 0.417. The summed E-state index contributed by atoms with van der Waals surface area (Å²) in [5, 5.41) is -1.07. The largest absolute Gasteiger partial charge is 0.468 e. The van der Waals surface area contributed by atoms with Gasteiger partial charge in [-0.25, -0.2) is 8.42 Å². The van der Waals surface area contributed by atoms with Gasteiger partial charge in [0, 0.05) is 4.47 Å². The third-order valence-electron chi connectivity index (χ3n) is 2.96. The van der Waals surface area contributed by atoms with E-state index in [4.69, 9.17) is 0 Å². The van der Waals surface area contributed by atoms with Gasteiger partial charge in [0.2, 0.25) is 0 Å². The third-order valence-corrected chi connectivity index (χ3v) is 5.66. The van der Waals surface area contributed by atoms with Crippen LogP contribution in [0, 0.1) is 5.92 Å². The fourth-order valence-electron chi connectivity index (χ4n) is 1.86. The van der Waals surface area contributed by atoms with Crippen molar-refractivity contribution in [2.45, 2.75) is 23.0 Å². The molecule has 18 heavy (non-hydrogen) atoms. The minimum Gasteiger partial charge on any atom is -0.468 e. The first kappa shape index (κ1) is 13.5. The molecule has 4 nitrogen and oxygen atoms in total. The highest BCUT2D eigenvalue weighted by atomic mass is 79.9. The molecule has 0 radical (unpaired) electrons. The number of rotatable bonds is 4. The van der Waals surface area contributed by atoms with Crippen LogP contribution < -0.4 is 0 Å². The molecule has 1 saturated carbocycles. The molecule has 1 fully saturated rings. The van der Waals surface area contributed by atoms with Crippen molar-refractivity contribution in [1.29, 1.82) is 0 Å². The van der Waals surface area contributed by atoms with Crippen LogP contribution in [0.5, 0.6) is 0 Å². The number of carbonyl (C=O) groups is 1. The van der Waals surface area contributed by atoms with Gasteiger partial charge in [0.25, 0.3) is 0 Å². The van der Waals surface area contributed by atoms with E-state index in [-0.39, 0.29) is 10.8 Å². The highest BCUT2D eigenvalue weighted by Gasteiger charge is 2.46. The summed E-state index contributed by atoms with van der Waals surface area (Å²) in [6.07, 6.45) is 1.52. The number of sulfone groups is 1. The first-order chi connectivity index (χ1) is 8.46. The maximum absolute atomic E-state index is 12.4. The van der Waals surface area contributed by atoms with Crippen molar-refractivity contribution in [2.24, 2.45) is 5.92 Å². The number of esters is 1. The summed E-state index contributed by atoms with van der Waals surface area (Å²) < 4.78 is 30.2. The molecule has 1 aromatic rings. The molecule has 98 valence electrons. The molecule has 0 saturated heterocycles. The smallest absolute Gasteiger partial charge is 0.324 e. The summed E-state index contributed by atoms with van der Waals surface area (Å²) in [4.78, 5) is 11.8. The number of ether oxygens (including phenoxy) is 1. The van der Waals surface area contributed by atoms with Gasteiger partial charge in [0.1, 0.15) is 0 Å². The Morgan fingerprint density at radius 1 is 1.33 bits per heavy atom. The molecule has 1 aromatic carbocycles. The Bertz CT molecular complexity index is 546. The minimum absolute atomic E-state index is 0.105. The second kappa shape index (κ2) is 5.01. The van der Waals surface area contributed by atoms with Crippen molar-refractivity contribution in [2.75, 3.05) is 7.11 Å². The van der Waals surface area contributed by atoms with E-state index in [9.17, 15) is 13.2 Å². The predicted molar refractivity (Wildman–Crippen MR) is 69.9 cm³/mol. The zero-order valence-corrected chi connectivity index (χ0v) is 12.2. The van der Waals surface area contributed by atoms with Gasteiger partial charge < -0.3 is 4.74 Å². The van der Waals surface area contributed by atoms with Crippen LogP contribution in [0.25, 0.3) is 0 Å². The highest BCUT2D eigenvalue weighted by Crippen LogP contribution is 2.39. The van der Waals surface area contributed by atoms with Gasteiger partial charge >= 0.3 is 5.97 Å². The lowest BCUT2D eigenvalue weighted by atomic mass is 10.3. The van der Waals surface area contributed by atoms with Crippen LogP contribution in [-0.4, -0.2) is 26.7 Å². The van der Waals surface area contributed by atoms with Gasteiger partial charge in [0.15, 0.2) is 15.1 Å². The molecular weight excluding hydrogens is 320 g/mol. The van der Waals surface area contributed by atoms with Crippen molar-refractivity contribution in [3.05, 3.63) is 28.7 Å². The molecule has 0 spiro atoms. The van der Waals surface area contributed by atoms with E-state index in [2.05, 4.69) is 20.7 Å². The van der Waals surface area contributed by atoms with Gasteiger partial charge in [-0.05, 0) is 43.0 Å². The maximum Gasteiger partial charge on any atom is 0.324 e. The van der Waals surface area contributed by atoms with Crippen LogP contribution in [0.15, 0.2) is 33.6 Å². The molecule has 0 amide bonds. The number of hydrogen-bond donors (Lipinski definition) is 0. The Balaban J connectivity index is 2.39. The fourth-order valence-corrected chi connectivity index (χ4v) is 4.06. The third kappa shape index (κ3) is 2.59. The van der Waals surface area contributed by atoms with Crippen LogP contribution in [0.1, 0.15) is 12.8 Å². The molecule has 0 aromatic heterocycles. The molecule has 0 heterocycles. The summed E-state index contributed by atoms with van der Waals surface area (Å²) in [7, 11) is -2.44. The molecular formula is C12H13BrO4S. The molecule has 0 aliphatic heterocycles. The normalized spacial score (nSPS) is 17.2. The van der Waals surface area contributed by atoms with Crippen molar-refractivity contribution >= 4 is 31.7 Å². The van der Waals surface area contributed by atoms with Crippen molar-refractivity contribution < 1.29 is 17.9 Å². The van der Waals surface area contributed by atoms with E-state index in [1.807, 2.05) is 0 Å². The molecule has 1 aliphatic rings. The lowest BCUT2D eigenvalue weighted by Crippen LogP contribution is -2.33. The molecule has 2 rings (SSSR count). The van der Waals surface area contributed by atoms with Gasteiger partial charge in [-0.15, -0.1) is 0 Å². The second-order valence-electron chi connectivity index (χ2n) is 4.28. The Kier molecular flexibility index (Phi) is 3.77. The van der Waals surface area contributed by atoms with Gasteiger partial charge in [-0.1, -0.05) is 15.9 Å². The van der Waals surface area contributed by atoms with Crippen LogP contribution in [0.4, 0.5) is 0 Å². The van der Waals surface area contributed by atoms with E-state index in [0.717, 1.165) is 17.3 Å². The van der Waals surface area contributed by atoms with E-state index in [1.54, 1.807) is 12.1 Å². The predicted octanol–water partition coefficient (Wildman–Crippen LogP) is 2.17. The van der Waals surface area contributed by atoms with E-state index >= 15 is 0 Å². The molecule has 1 unspecified atom stereocenters. The van der Waals surface area contributed by atoms with Crippen molar-refractivity contribution in [3.8, 4) is 0 Å². The Labute approximate surface area is 114 Å². The molecule has 1 atom stereocenters. The average Bonchev–Trinajstić information content (AvgIpc) is 3.13. The van der Waals surface area contributed by atoms with Crippen LogP contribution in [0.3, 0.4) is 0 Å². The van der Waals surface area contributed by atoms with Gasteiger partial charge in [-0.2, -0.15) is 0 Å². The Morgan fingerprint density at radius 3 is 2.33 bits per heavy atom. The van der Waals surface area contributed by atoms with Crippen LogP contribution in [-0.2, 0) is 19.4 Å². The van der Waals surface area contributed by atoms with Gasteiger partial charge in [0.05, 0.1) is 12.0 Å². The zero-order valence-electron chi connectivity index (χ0n) is 9.80. The molecule has 0 N–H and O–H groups in total. The van der Waals surface area contributed by atoms with Crippen LogP contribution >= 0.6 is 15.9 Å². The quantitative estimate of drug-likeness (QED) is 0.793. The summed E-state index contributed by atoms with van der Waals surface area (Å²) in [6.45, 7) is 0. The lowest BCUT2D eigenvalue weighted by Gasteiger charge is -2.14. The van der Waals surface area contributed by atoms with E-state index in [1.165, 1.54) is 19.2 Å². The summed E-state index contributed by atoms with van der Waals surface area (Å²) in [5.41, 5.74) is 0. The lowest BCUT2D eigenvalue weighted by molar-refractivity contribution is -0.140. The number of halogens is 1. The monoisotopic (exact) mass is 332 g/mol. The second-order valence-corrected chi connectivity index (χ2v) is 7.27. The molecule has 1 aliphatic carbocycles. The minimum atomic E-state index is -3.66.